The third kappa shape index (κ3) is 3.88. The lowest BCUT2D eigenvalue weighted by atomic mass is 9.73. The number of pyridine rings is 1. The minimum absolute atomic E-state index is 0.0243. The third-order valence-corrected chi connectivity index (χ3v) is 9.13. The van der Waals surface area contributed by atoms with Crippen molar-refractivity contribution in [2.24, 2.45) is 11.8 Å². The van der Waals surface area contributed by atoms with E-state index in [4.69, 9.17) is 4.98 Å². The summed E-state index contributed by atoms with van der Waals surface area (Å²) < 4.78 is 0. The lowest BCUT2D eigenvalue weighted by Gasteiger charge is -2.44. The van der Waals surface area contributed by atoms with Gasteiger partial charge in [0.25, 0.3) is 5.91 Å². The topological polar surface area (TPSA) is 75.2 Å². The van der Waals surface area contributed by atoms with Gasteiger partial charge in [0.1, 0.15) is 5.69 Å². The molecule has 1 saturated carbocycles. The quantitative estimate of drug-likeness (QED) is 0.347. The number of thiazole rings is 1. The van der Waals surface area contributed by atoms with Crippen molar-refractivity contribution >= 4 is 33.9 Å². The molecule has 2 aliphatic rings. The number of para-hydroxylation sites is 1. The minimum Gasteiger partial charge on any atom is -0.316 e. The van der Waals surface area contributed by atoms with Crippen LogP contribution in [-0.4, -0.2) is 45.8 Å². The Hall–Kier alpha value is -3.42. The van der Waals surface area contributed by atoms with E-state index in [1.807, 2.05) is 67.6 Å². The van der Waals surface area contributed by atoms with Gasteiger partial charge in [-0.3, -0.25) is 19.9 Å². The van der Waals surface area contributed by atoms with Crippen LogP contribution in [0.5, 0.6) is 0 Å². The molecule has 4 aromatic rings. The lowest BCUT2D eigenvalue weighted by molar-refractivity contribution is 0.0233. The van der Waals surface area contributed by atoms with Gasteiger partial charge in [-0.05, 0) is 43.4 Å². The van der Waals surface area contributed by atoms with Crippen LogP contribution in [0.25, 0.3) is 21.3 Å². The molecule has 37 heavy (non-hydrogen) atoms. The maximum Gasteiger partial charge on any atom is 0.257 e. The van der Waals surface area contributed by atoms with Crippen LogP contribution < -0.4 is 5.32 Å². The summed E-state index contributed by atoms with van der Waals surface area (Å²) in [4.78, 5) is 40.7. The normalized spacial score (nSPS) is 23.1. The molecule has 7 heteroatoms. The summed E-state index contributed by atoms with van der Waals surface area (Å²) in [6.45, 7) is 2.65. The van der Waals surface area contributed by atoms with Gasteiger partial charge in [-0.1, -0.05) is 61.4 Å². The SMILES string of the molecule is Cc1nc(C(=O)C2(N(C)C(=O)c3cccc4cccnc34)NCC3CCCCC32)c(-c2ccccc2)s1. The van der Waals surface area contributed by atoms with Gasteiger partial charge in [-0.2, -0.15) is 0 Å². The van der Waals surface area contributed by atoms with Crippen LogP contribution in [0.3, 0.4) is 0 Å². The fourth-order valence-corrected chi connectivity index (χ4v) is 7.27. The fourth-order valence-electron chi connectivity index (χ4n) is 6.35. The molecule has 1 saturated heterocycles. The van der Waals surface area contributed by atoms with Gasteiger partial charge in [0.15, 0.2) is 5.66 Å². The van der Waals surface area contributed by atoms with Crippen molar-refractivity contribution in [2.75, 3.05) is 13.6 Å². The van der Waals surface area contributed by atoms with E-state index in [0.717, 1.165) is 46.5 Å². The molecule has 0 bridgehead atoms. The Labute approximate surface area is 220 Å². The molecular weight excluding hydrogens is 480 g/mol. The van der Waals surface area contributed by atoms with Crippen LogP contribution in [0.4, 0.5) is 0 Å². The van der Waals surface area contributed by atoms with Crippen LogP contribution in [0, 0.1) is 18.8 Å². The predicted octanol–water partition coefficient (Wildman–Crippen LogP) is 5.73. The number of hydrogen-bond acceptors (Lipinski definition) is 6. The number of hydrogen-bond donors (Lipinski definition) is 1. The minimum atomic E-state index is -1.16. The highest BCUT2D eigenvalue weighted by Crippen LogP contribution is 2.46. The van der Waals surface area contributed by atoms with Gasteiger partial charge in [-0.15, -0.1) is 11.3 Å². The summed E-state index contributed by atoms with van der Waals surface area (Å²) in [6.07, 6.45) is 5.88. The molecule has 3 atom stereocenters. The standard InChI is InChI=1S/C30H30N4O2S/c1-19-33-26(27(37-19)21-10-4-3-5-11-21)28(35)30(24-16-7-6-12-22(24)18-32-30)34(2)29(36)23-15-8-13-20-14-9-17-31-25(20)23/h3-5,8-11,13-15,17,22,24,32H,6-7,12,16,18H2,1-2H3. The van der Waals surface area contributed by atoms with Gasteiger partial charge < -0.3 is 4.90 Å². The summed E-state index contributed by atoms with van der Waals surface area (Å²) in [5, 5.41) is 5.33. The van der Waals surface area contributed by atoms with E-state index in [2.05, 4.69) is 10.3 Å². The second-order valence-corrected chi connectivity index (χ2v) is 11.4. The van der Waals surface area contributed by atoms with Crippen molar-refractivity contribution in [3.05, 3.63) is 83.1 Å². The second kappa shape index (κ2) is 9.47. The number of benzene rings is 2. The number of nitrogens with one attached hydrogen (secondary N) is 1. The number of Topliss-reactive ketones (excluding diaryl/α,β-unsaturated/α-hetero) is 1. The molecule has 1 N–H and O–H groups in total. The van der Waals surface area contributed by atoms with Gasteiger partial charge in [0.05, 0.1) is 21.0 Å². The highest BCUT2D eigenvalue weighted by atomic mass is 32.1. The van der Waals surface area contributed by atoms with E-state index < -0.39 is 5.66 Å². The maximum absolute atomic E-state index is 14.7. The monoisotopic (exact) mass is 510 g/mol. The Morgan fingerprint density at radius 2 is 1.81 bits per heavy atom. The first-order chi connectivity index (χ1) is 18.0. The van der Waals surface area contributed by atoms with Crippen molar-refractivity contribution in [3.63, 3.8) is 0 Å². The van der Waals surface area contributed by atoms with E-state index in [-0.39, 0.29) is 17.6 Å². The molecule has 0 spiro atoms. The predicted molar refractivity (Wildman–Crippen MR) is 147 cm³/mol. The largest absolute Gasteiger partial charge is 0.316 e. The Morgan fingerprint density at radius 1 is 1.03 bits per heavy atom. The average Bonchev–Trinajstić information content (AvgIpc) is 3.54. The first-order valence-corrected chi connectivity index (χ1v) is 13.8. The molecular formula is C30H30N4O2S. The van der Waals surface area contributed by atoms with Crippen LogP contribution >= 0.6 is 11.3 Å². The molecule has 2 aromatic carbocycles. The van der Waals surface area contributed by atoms with Crippen LogP contribution in [-0.2, 0) is 0 Å². The number of fused-ring (bicyclic) bond motifs is 2. The van der Waals surface area contributed by atoms with Crippen LogP contribution in [0.2, 0.25) is 0 Å². The van der Waals surface area contributed by atoms with Gasteiger partial charge >= 0.3 is 0 Å². The number of nitrogens with zero attached hydrogens (tertiary/aromatic N) is 3. The Balaban J connectivity index is 1.49. The van der Waals surface area contributed by atoms with Gasteiger partial charge in [0.2, 0.25) is 5.78 Å². The summed E-state index contributed by atoms with van der Waals surface area (Å²) in [7, 11) is 1.77. The first-order valence-electron chi connectivity index (χ1n) is 13.0. The van der Waals surface area contributed by atoms with Crippen molar-refractivity contribution in [1.82, 2.24) is 20.2 Å². The number of aryl methyl sites for hydroxylation is 1. The third-order valence-electron chi connectivity index (χ3n) is 8.11. The van der Waals surface area contributed by atoms with Crippen LogP contribution in [0.1, 0.15) is 51.5 Å². The molecule has 1 amide bonds. The number of ketones is 1. The number of aromatic nitrogens is 2. The van der Waals surface area contributed by atoms with E-state index in [9.17, 15) is 9.59 Å². The number of amides is 1. The summed E-state index contributed by atoms with van der Waals surface area (Å²) in [6, 6.07) is 19.4. The molecule has 2 aromatic heterocycles. The molecule has 3 unspecified atom stereocenters. The molecule has 1 aliphatic carbocycles. The molecule has 6 nitrogen and oxygen atoms in total. The summed E-state index contributed by atoms with van der Waals surface area (Å²) >= 11 is 1.53. The molecule has 1 aliphatic heterocycles. The zero-order valence-corrected chi connectivity index (χ0v) is 21.9. The molecule has 2 fully saturated rings. The van der Waals surface area contributed by atoms with Gasteiger partial charge in [0, 0.05) is 31.1 Å². The van der Waals surface area contributed by atoms with E-state index in [1.54, 1.807) is 18.1 Å². The van der Waals surface area contributed by atoms with Crippen molar-refractivity contribution in [2.45, 2.75) is 38.3 Å². The Kier molecular flexibility index (Phi) is 6.13. The van der Waals surface area contributed by atoms with Crippen molar-refractivity contribution in [3.8, 4) is 10.4 Å². The zero-order chi connectivity index (χ0) is 25.6. The summed E-state index contributed by atoms with van der Waals surface area (Å²) in [5.74, 6) is 0.0495. The maximum atomic E-state index is 14.7. The molecule has 0 radical (unpaired) electrons. The molecule has 188 valence electrons. The fraction of sp³-hybridized carbons (Fsp3) is 0.333. The van der Waals surface area contributed by atoms with Crippen molar-refractivity contribution in [1.29, 1.82) is 0 Å². The highest BCUT2D eigenvalue weighted by Gasteiger charge is 2.58. The smallest absolute Gasteiger partial charge is 0.257 e. The van der Waals surface area contributed by atoms with Crippen molar-refractivity contribution < 1.29 is 9.59 Å². The first kappa shape index (κ1) is 23.9. The van der Waals surface area contributed by atoms with E-state index in [1.165, 1.54) is 11.3 Å². The number of carbonyl (C=O) groups is 2. The number of carbonyl (C=O) groups excluding carboxylic acids is 2. The van der Waals surface area contributed by atoms with Crippen LogP contribution in [0.15, 0.2) is 66.9 Å². The summed E-state index contributed by atoms with van der Waals surface area (Å²) in [5.41, 5.74) is 1.41. The Bertz CT molecular complexity index is 1480. The van der Waals surface area contributed by atoms with E-state index >= 15 is 0 Å². The molecule has 6 rings (SSSR count). The van der Waals surface area contributed by atoms with Gasteiger partial charge in [-0.25, -0.2) is 4.98 Å². The second-order valence-electron chi connectivity index (χ2n) is 10.1. The highest BCUT2D eigenvalue weighted by molar-refractivity contribution is 7.15. The lowest BCUT2D eigenvalue weighted by Crippen LogP contribution is -2.65. The number of rotatable bonds is 5. The zero-order valence-electron chi connectivity index (χ0n) is 21.1. The Morgan fingerprint density at radius 3 is 2.65 bits per heavy atom. The average molecular weight is 511 g/mol. The van der Waals surface area contributed by atoms with E-state index in [0.29, 0.717) is 29.2 Å². The number of likely N-dealkylation sites (N-methyl/N-ethyl adjacent to an activating group) is 1. The molecule has 3 heterocycles.